The van der Waals surface area contributed by atoms with E-state index in [0.29, 0.717) is 43.2 Å². The number of rotatable bonds is 10. The van der Waals surface area contributed by atoms with E-state index in [9.17, 15) is 14.7 Å². The molecule has 0 amide bonds. The standard InChI is InChI=1S/C27H26N6O5/c1-17-23(18-6-5-7-19(16-18)27(35)36)33-25(30-26(17)34)22(24(28-2)31-33)29-20-8-10-21(11-9-20)32(12-14-37-3)13-15-38-4/h5-11,16H,12-15H2,1,3-4H3,(H,35,36). The summed E-state index contributed by atoms with van der Waals surface area (Å²) >= 11 is 0. The van der Waals surface area contributed by atoms with Crippen LogP contribution < -0.4 is 10.5 Å². The summed E-state index contributed by atoms with van der Waals surface area (Å²) in [4.78, 5) is 38.7. The van der Waals surface area contributed by atoms with Crippen molar-refractivity contribution >= 4 is 28.9 Å². The minimum atomic E-state index is -1.10. The van der Waals surface area contributed by atoms with E-state index in [2.05, 4.69) is 24.8 Å². The number of aromatic nitrogens is 2. The van der Waals surface area contributed by atoms with Gasteiger partial charge in [0.25, 0.3) is 5.56 Å². The molecule has 2 heterocycles. The van der Waals surface area contributed by atoms with Crippen molar-refractivity contribution in [1.29, 1.82) is 0 Å². The lowest BCUT2D eigenvalue weighted by Crippen LogP contribution is -2.30. The number of aromatic carboxylic acids is 1. The highest BCUT2D eigenvalue weighted by Crippen LogP contribution is 2.28. The molecule has 0 bridgehead atoms. The van der Waals surface area contributed by atoms with Crippen LogP contribution in [0.4, 0.5) is 11.4 Å². The van der Waals surface area contributed by atoms with Gasteiger partial charge in [-0.05, 0) is 48.4 Å². The fourth-order valence-corrected chi connectivity index (χ4v) is 4.04. The topological polar surface area (TPSA) is 123 Å². The maximum Gasteiger partial charge on any atom is 0.335 e. The Morgan fingerprint density at radius 3 is 2.42 bits per heavy atom. The summed E-state index contributed by atoms with van der Waals surface area (Å²) in [5.41, 5.74) is 2.33. The number of carboxylic acid groups (broad SMARTS) is 1. The van der Waals surface area contributed by atoms with Gasteiger partial charge in [-0.25, -0.2) is 4.79 Å². The monoisotopic (exact) mass is 514 g/mol. The number of carboxylic acids is 1. The van der Waals surface area contributed by atoms with E-state index in [4.69, 9.17) is 16.0 Å². The zero-order valence-electron chi connectivity index (χ0n) is 21.2. The van der Waals surface area contributed by atoms with E-state index in [1.807, 2.05) is 24.3 Å². The van der Waals surface area contributed by atoms with Gasteiger partial charge < -0.3 is 24.3 Å². The number of benzene rings is 2. The van der Waals surface area contributed by atoms with Crippen molar-refractivity contribution in [3.05, 3.63) is 87.3 Å². The van der Waals surface area contributed by atoms with Crippen molar-refractivity contribution < 1.29 is 19.4 Å². The number of aliphatic imine (C=N–C) groups is 1. The van der Waals surface area contributed by atoms with E-state index in [0.717, 1.165) is 5.69 Å². The average Bonchev–Trinajstić information content (AvgIpc) is 3.26. The first kappa shape index (κ1) is 26.4. The molecule has 0 radical (unpaired) electrons. The number of ether oxygens (including phenoxy) is 2. The van der Waals surface area contributed by atoms with Gasteiger partial charge in [-0.15, -0.1) is 4.68 Å². The second kappa shape index (κ2) is 11.6. The van der Waals surface area contributed by atoms with Crippen LogP contribution in [0, 0.1) is 13.5 Å². The Bertz CT molecular complexity index is 1510. The number of methoxy groups -OCH3 is 2. The third-order valence-corrected chi connectivity index (χ3v) is 5.99. The molecule has 1 aliphatic heterocycles. The van der Waals surface area contributed by atoms with Crippen molar-refractivity contribution in [3.8, 4) is 11.3 Å². The lowest BCUT2D eigenvalue weighted by molar-refractivity contribution is 0.0697. The van der Waals surface area contributed by atoms with Gasteiger partial charge in [-0.3, -0.25) is 9.79 Å². The molecule has 11 nitrogen and oxygen atoms in total. The van der Waals surface area contributed by atoms with Crippen molar-refractivity contribution in [3.63, 3.8) is 0 Å². The molecule has 3 aromatic rings. The Labute approximate surface area is 219 Å². The zero-order valence-corrected chi connectivity index (χ0v) is 21.2. The molecule has 0 fully saturated rings. The second-order valence-electron chi connectivity index (χ2n) is 8.40. The molecule has 1 aliphatic rings. The molecule has 1 N–H and O–H groups in total. The first-order valence-corrected chi connectivity index (χ1v) is 11.7. The number of fused-ring (bicyclic) bond motifs is 1. The number of hydrogen-bond donors (Lipinski definition) is 1. The van der Waals surface area contributed by atoms with Gasteiger partial charge in [0.15, 0.2) is 5.82 Å². The highest BCUT2D eigenvalue weighted by molar-refractivity contribution is 6.51. The van der Waals surface area contributed by atoms with Gasteiger partial charge in [-0.1, -0.05) is 18.7 Å². The second-order valence-corrected chi connectivity index (χ2v) is 8.40. The number of amidine groups is 1. The van der Waals surface area contributed by atoms with E-state index < -0.39 is 11.5 Å². The molecular weight excluding hydrogens is 488 g/mol. The SMILES string of the molecule is [C-]#[N+]C1=Nn2c(nc(=O)c(C)c2-c2cccc(C(=O)O)c2)C1=Nc1ccc(N(CCOC)CCOC)cc1. The minimum absolute atomic E-state index is 0.0240. The summed E-state index contributed by atoms with van der Waals surface area (Å²) < 4.78 is 11.8. The molecule has 0 spiro atoms. The van der Waals surface area contributed by atoms with Gasteiger partial charge >= 0.3 is 11.8 Å². The van der Waals surface area contributed by atoms with Crippen molar-refractivity contribution in [2.45, 2.75) is 6.92 Å². The van der Waals surface area contributed by atoms with Gasteiger partial charge in [0.2, 0.25) is 0 Å². The van der Waals surface area contributed by atoms with E-state index in [1.54, 1.807) is 33.3 Å². The fourth-order valence-electron chi connectivity index (χ4n) is 4.04. The molecule has 0 saturated carbocycles. The zero-order chi connectivity index (χ0) is 27.2. The first-order chi connectivity index (χ1) is 18.4. The third-order valence-electron chi connectivity index (χ3n) is 5.99. The molecule has 0 aliphatic carbocycles. The van der Waals surface area contributed by atoms with Crippen LogP contribution in [0.25, 0.3) is 16.1 Å². The smallest absolute Gasteiger partial charge is 0.335 e. The molecule has 0 atom stereocenters. The number of nitrogens with zero attached hydrogens (tertiary/aromatic N) is 6. The molecule has 4 rings (SSSR count). The lowest BCUT2D eigenvalue weighted by Gasteiger charge is -2.24. The van der Waals surface area contributed by atoms with Crippen LogP contribution in [0.5, 0.6) is 0 Å². The Balaban J connectivity index is 1.76. The number of anilines is 1. The lowest BCUT2D eigenvalue weighted by atomic mass is 10.0. The Morgan fingerprint density at radius 2 is 1.82 bits per heavy atom. The summed E-state index contributed by atoms with van der Waals surface area (Å²) in [5.74, 6) is -1.00. The average molecular weight is 515 g/mol. The van der Waals surface area contributed by atoms with E-state index >= 15 is 0 Å². The van der Waals surface area contributed by atoms with E-state index in [1.165, 1.54) is 16.8 Å². The van der Waals surface area contributed by atoms with Crippen LogP contribution in [0.15, 0.2) is 63.4 Å². The third kappa shape index (κ3) is 5.36. The van der Waals surface area contributed by atoms with Crippen molar-refractivity contribution in [2.75, 3.05) is 45.4 Å². The van der Waals surface area contributed by atoms with Crippen LogP contribution in [0.1, 0.15) is 21.7 Å². The molecule has 194 valence electrons. The molecule has 2 aromatic carbocycles. The molecule has 11 heteroatoms. The minimum Gasteiger partial charge on any atom is -0.478 e. The van der Waals surface area contributed by atoms with Crippen molar-refractivity contribution in [2.24, 2.45) is 10.1 Å². The highest BCUT2D eigenvalue weighted by atomic mass is 16.5. The van der Waals surface area contributed by atoms with Crippen LogP contribution in [0.3, 0.4) is 0 Å². The Hall–Kier alpha value is -4.66. The Kier molecular flexibility index (Phi) is 8.06. The largest absolute Gasteiger partial charge is 0.478 e. The van der Waals surface area contributed by atoms with Crippen LogP contribution in [-0.4, -0.2) is 72.8 Å². The summed E-state index contributed by atoms with van der Waals surface area (Å²) in [6.07, 6.45) is 0. The summed E-state index contributed by atoms with van der Waals surface area (Å²) in [7, 11) is 3.30. The summed E-state index contributed by atoms with van der Waals surface area (Å²) in [5, 5.41) is 13.8. The number of carbonyl (C=O) groups is 1. The maximum atomic E-state index is 12.8. The van der Waals surface area contributed by atoms with Crippen LogP contribution in [0.2, 0.25) is 0 Å². The first-order valence-electron chi connectivity index (χ1n) is 11.7. The maximum absolute atomic E-state index is 12.8. The quantitative estimate of drug-likeness (QED) is 0.412. The van der Waals surface area contributed by atoms with Gasteiger partial charge in [-0.2, -0.15) is 4.98 Å². The molecule has 1 aromatic heterocycles. The van der Waals surface area contributed by atoms with Crippen LogP contribution >= 0.6 is 0 Å². The van der Waals surface area contributed by atoms with Crippen LogP contribution in [-0.2, 0) is 9.47 Å². The molecular formula is C27H26N6O5. The van der Waals surface area contributed by atoms with E-state index in [-0.39, 0.29) is 28.5 Å². The fraction of sp³-hybridized carbons (Fsp3) is 0.259. The molecule has 38 heavy (non-hydrogen) atoms. The molecule has 0 saturated heterocycles. The summed E-state index contributed by atoms with van der Waals surface area (Å²) in [6, 6.07) is 13.6. The summed E-state index contributed by atoms with van der Waals surface area (Å²) in [6.45, 7) is 11.7. The van der Waals surface area contributed by atoms with Gasteiger partial charge in [0, 0.05) is 44.1 Å². The van der Waals surface area contributed by atoms with Gasteiger partial charge in [0.05, 0.1) is 24.5 Å². The normalized spacial score (nSPS) is 13.2. The highest BCUT2D eigenvalue weighted by Gasteiger charge is 2.31. The van der Waals surface area contributed by atoms with Crippen molar-refractivity contribution in [1.82, 2.24) is 9.66 Å². The Morgan fingerprint density at radius 1 is 1.13 bits per heavy atom. The number of hydrogen-bond acceptors (Lipinski definition) is 8. The predicted molar refractivity (Wildman–Crippen MR) is 144 cm³/mol. The predicted octanol–water partition coefficient (Wildman–Crippen LogP) is 3.23. The van der Waals surface area contributed by atoms with Gasteiger partial charge in [0.1, 0.15) is 11.4 Å². The molecule has 0 unspecified atom stereocenters.